The zero-order valence-electron chi connectivity index (χ0n) is 18.6. The van der Waals surface area contributed by atoms with Gasteiger partial charge in [0, 0.05) is 21.9 Å². The van der Waals surface area contributed by atoms with Gasteiger partial charge in [0.25, 0.3) is 15.9 Å². The molecule has 1 atom stereocenters. The number of carbonyl (C=O) groups is 1. The number of hydrogen-bond acceptors (Lipinski definition) is 4. The normalized spacial score (nSPS) is 15.3. The summed E-state index contributed by atoms with van der Waals surface area (Å²) in [5.41, 5.74) is 4.49. The number of anilines is 2. The topological polar surface area (TPSA) is 75.7 Å². The van der Waals surface area contributed by atoms with Crippen molar-refractivity contribution in [3.05, 3.63) is 81.8 Å². The number of nitrogens with zero attached hydrogens (tertiary/aromatic N) is 1. The van der Waals surface area contributed by atoms with Crippen LogP contribution in [0.3, 0.4) is 0 Å². The molecule has 3 aromatic rings. The summed E-state index contributed by atoms with van der Waals surface area (Å²) in [6, 6.07) is 17.5. The molecule has 1 heterocycles. The van der Waals surface area contributed by atoms with Crippen molar-refractivity contribution in [1.29, 1.82) is 0 Å². The van der Waals surface area contributed by atoms with E-state index in [2.05, 4.69) is 20.7 Å². The molecule has 1 unspecified atom stereocenters. The number of benzene rings is 3. The highest BCUT2D eigenvalue weighted by Crippen LogP contribution is 2.34. The van der Waals surface area contributed by atoms with E-state index in [1.54, 1.807) is 29.2 Å². The number of fused-ring (bicyclic) bond motifs is 1. The molecule has 0 bridgehead atoms. The maximum atomic E-state index is 12.8. The van der Waals surface area contributed by atoms with Gasteiger partial charge in [-0.3, -0.25) is 9.52 Å². The lowest BCUT2D eigenvalue weighted by atomic mass is 10.1. The summed E-state index contributed by atoms with van der Waals surface area (Å²) in [7, 11) is -3.74. The summed E-state index contributed by atoms with van der Waals surface area (Å²) < 4.78 is 34.7. The molecule has 0 saturated carbocycles. The quantitative estimate of drug-likeness (QED) is 0.475. The molecular formula is C25H25BrN2O4S. The first-order chi connectivity index (χ1) is 15.6. The van der Waals surface area contributed by atoms with E-state index in [4.69, 9.17) is 4.74 Å². The Hall–Kier alpha value is -2.84. The third-order valence-corrected chi connectivity index (χ3v) is 7.39. The molecule has 0 radical (unpaired) electrons. The number of nitrogens with one attached hydrogen (secondary N) is 1. The first-order valence-electron chi connectivity index (χ1n) is 10.6. The van der Waals surface area contributed by atoms with Crippen LogP contribution in [-0.2, 0) is 21.2 Å². The van der Waals surface area contributed by atoms with Crippen molar-refractivity contribution in [2.75, 3.05) is 16.2 Å². The van der Waals surface area contributed by atoms with Crippen LogP contribution in [0.25, 0.3) is 0 Å². The summed E-state index contributed by atoms with van der Waals surface area (Å²) in [5.74, 6) is 0.285. The van der Waals surface area contributed by atoms with E-state index < -0.39 is 10.0 Å². The van der Waals surface area contributed by atoms with Crippen LogP contribution < -0.4 is 14.4 Å². The monoisotopic (exact) mass is 528 g/mol. The van der Waals surface area contributed by atoms with E-state index in [1.807, 2.05) is 45.0 Å². The molecular weight excluding hydrogens is 504 g/mol. The predicted molar refractivity (Wildman–Crippen MR) is 133 cm³/mol. The first kappa shape index (κ1) is 23.3. The van der Waals surface area contributed by atoms with E-state index in [-0.39, 0.29) is 23.5 Å². The summed E-state index contributed by atoms with van der Waals surface area (Å²) >= 11 is 3.47. The van der Waals surface area contributed by atoms with Gasteiger partial charge in [-0.15, -0.1) is 0 Å². The summed E-state index contributed by atoms with van der Waals surface area (Å²) in [5, 5.41) is 0. The highest BCUT2D eigenvalue weighted by Gasteiger charge is 2.31. The highest BCUT2D eigenvalue weighted by molar-refractivity contribution is 9.10. The molecule has 0 fully saturated rings. The van der Waals surface area contributed by atoms with Crippen LogP contribution in [-0.4, -0.2) is 27.0 Å². The molecule has 8 heteroatoms. The minimum atomic E-state index is -3.74. The Kier molecular flexibility index (Phi) is 6.50. The van der Waals surface area contributed by atoms with Crippen molar-refractivity contribution in [2.45, 2.75) is 38.1 Å². The van der Waals surface area contributed by atoms with Gasteiger partial charge in [-0.2, -0.15) is 0 Å². The van der Waals surface area contributed by atoms with Gasteiger partial charge >= 0.3 is 0 Å². The minimum Gasteiger partial charge on any atom is -0.484 e. The summed E-state index contributed by atoms with van der Waals surface area (Å²) in [6.07, 6.45) is 0.792. The minimum absolute atomic E-state index is 0.0502. The molecule has 33 heavy (non-hydrogen) atoms. The number of rotatable bonds is 6. The third-order valence-electron chi connectivity index (χ3n) is 5.50. The van der Waals surface area contributed by atoms with Crippen LogP contribution >= 0.6 is 15.9 Å². The highest BCUT2D eigenvalue weighted by atomic mass is 79.9. The molecule has 1 N–H and O–H groups in total. The van der Waals surface area contributed by atoms with E-state index in [9.17, 15) is 13.2 Å². The molecule has 1 aliphatic rings. The maximum Gasteiger partial charge on any atom is 0.265 e. The largest absolute Gasteiger partial charge is 0.484 e. The maximum absolute atomic E-state index is 12.8. The Morgan fingerprint density at radius 2 is 1.73 bits per heavy atom. The Bertz CT molecular complexity index is 1290. The molecule has 0 aliphatic carbocycles. The van der Waals surface area contributed by atoms with Crippen molar-refractivity contribution >= 4 is 43.2 Å². The predicted octanol–water partition coefficient (Wildman–Crippen LogP) is 5.22. The zero-order chi connectivity index (χ0) is 23.8. The molecule has 0 aromatic heterocycles. The Morgan fingerprint density at radius 1 is 1.06 bits per heavy atom. The number of sulfonamides is 1. The average Bonchev–Trinajstić information content (AvgIpc) is 3.06. The average molecular weight is 529 g/mol. The van der Waals surface area contributed by atoms with Crippen molar-refractivity contribution in [2.24, 2.45) is 0 Å². The number of amides is 1. The van der Waals surface area contributed by atoms with Gasteiger partial charge in [0.1, 0.15) is 5.75 Å². The van der Waals surface area contributed by atoms with E-state index in [0.717, 1.165) is 33.3 Å². The van der Waals surface area contributed by atoms with E-state index in [1.165, 1.54) is 12.1 Å². The Labute approximate surface area is 202 Å². The fraction of sp³-hybridized carbons (Fsp3) is 0.240. The molecule has 0 saturated heterocycles. The number of hydrogen-bond donors (Lipinski definition) is 1. The van der Waals surface area contributed by atoms with Gasteiger partial charge in [-0.1, -0.05) is 22.0 Å². The van der Waals surface area contributed by atoms with Crippen molar-refractivity contribution in [3.8, 4) is 5.75 Å². The molecule has 3 aromatic carbocycles. The summed E-state index contributed by atoms with van der Waals surface area (Å²) in [4.78, 5) is 14.7. The van der Waals surface area contributed by atoms with Crippen molar-refractivity contribution in [1.82, 2.24) is 0 Å². The van der Waals surface area contributed by atoms with Gasteiger partial charge in [-0.05, 0) is 98.5 Å². The van der Waals surface area contributed by atoms with Crippen molar-refractivity contribution in [3.63, 3.8) is 0 Å². The molecule has 1 amide bonds. The smallest absolute Gasteiger partial charge is 0.265 e. The second kappa shape index (κ2) is 9.19. The lowest BCUT2D eigenvalue weighted by Gasteiger charge is -2.22. The van der Waals surface area contributed by atoms with Crippen LogP contribution in [0.5, 0.6) is 5.75 Å². The Morgan fingerprint density at radius 3 is 2.39 bits per heavy atom. The van der Waals surface area contributed by atoms with Gasteiger partial charge < -0.3 is 9.64 Å². The zero-order valence-corrected chi connectivity index (χ0v) is 21.0. The first-order valence-corrected chi connectivity index (χ1v) is 12.8. The fourth-order valence-electron chi connectivity index (χ4n) is 4.16. The van der Waals surface area contributed by atoms with E-state index >= 15 is 0 Å². The SMILES string of the molecule is Cc1cc(C)cc(NS(=O)(=O)c2ccc(OCC(=O)N3c4ccc(Br)cc4CC3C)cc2)c1. The van der Waals surface area contributed by atoms with E-state index in [0.29, 0.717) is 11.4 Å². The molecule has 4 rings (SSSR count). The summed E-state index contributed by atoms with van der Waals surface area (Å²) in [6.45, 7) is 5.71. The van der Waals surface area contributed by atoms with Gasteiger partial charge in [0.2, 0.25) is 0 Å². The van der Waals surface area contributed by atoms with Gasteiger partial charge in [-0.25, -0.2) is 8.42 Å². The molecule has 6 nitrogen and oxygen atoms in total. The second-order valence-corrected chi connectivity index (χ2v) is 10.9. The molecule has 1 aliphatic heterocycles. The lowest BCUT2D eigenvalue weighted by Crippen LogP contribution is -2.39. The van der Waals surface area contributed by atoms with Crippen LogP contribution in [0.15, 0.2) is 70.0 Å². The number of carbonyl (C=O) groups excluding carboxylic acids is 1. The van der Waals surface area contributed by atoms with Crippen LogP contribution in [0.1, 0.15) is 23.6 Å². The molecule has 0 spiro atoms. The van der Waals surface area contributed by atoms with Crippen LogP contribution in [0.2, 0.25) is 0 Å². The van der Waals surface area contributed by atoms with Crippen LogP contribution in [0, 0.1) is 13.8 Å². The number of halogens is 1. The fourth-order valence-corrected chi connectivity index (χ4v) is 5.61. The number of ether oxygens (including phenoxy) is 1. The molecule has 172 valence electrons. The van der Waals surface area contributed by atoms with Crippen molar-refractivity contribution < 1.29 is 17.9 Å². The van der Waals surface area contributed by atoms with Crippen LogP contribution in [0.4, 0.5) is 11.4 Å². The lowest BCUT2D eigenvalue weighted by molar-refractivity contribution is -0.120. The third kappa shape index (κ3) is 5.23. The number of aryl methyl sites for hydroxylation is 2. The second-order valence-electron chi connectivity index (χ2n) is 8.33. The van der Waals surface area contributed by atoms with Gasteiger partial charge in [0.15, 0.2) is 6.61 Å². The Balaban J connectivity index is 1.41. The standard InChI is InChI=1S/C25H25BrN2O4S/c1-16-10-17(2)12-21(11-16)27-33(30,31)23-7-5-22(6-8-23)32-15-25(29)28-18(3)13-19-14-20(26)4-9-24(19)28/h4-12,14,18,27H,13,15H2,1-3H3. The van der Waals surface area contributed by atoms with Gasteiger partial charge in [0.05, 0.1) is 4.90 Å².